The summed E-state index contributed by atoms with van der Waals surface area (Å²) in [6, 6.07) is 4.65. The number of thiazole rings is 2. The Morgan fingerprint density at radius 3 is 3.00 bits per heavy atom. The van der Waals surface area contributed by atoms with Crippen LogP contribution in [0.25, 0.3) is 27.3 Å². The van der Waals surface area contributed by atoms with Crippen molar-refractivity contribution in [1.29, 1.82) is 0 Å². The van der Waals surface area contributed by atoms with Gasteiger partial charge in [-0.3, -0.25) is 14.5 Å². The topological polar surface area (TPSA) is 73.3 Å². The number of non-ortho nitro benzene ring substituents is 1. The van der Waals surface area contributed by atoms with E-state index in [2.05, 4.69) is 9.97 Å². The first-order valence-corrected chi connectivity index (χ1v) is 8.53. The zero-order valence-corrected chi connectivity index (χ0v) is 13.7. The second-order valence-corrected chi connectivity index (χ2v) is 6.93. The highest BCUT2D eigenvalue weighted by molar-refractivity contribution is 7.19. The van der Waals surface area contributed by atoms with Crippen LogP contribution in [0.15, 0.2) is 29.8 Å². The maximum atomic E-state index is 10.8. The second kappa shape index (κ2) is 5.41. The van der Waals surface area contributed by atoms with Crippen molar-refractivity contribution in [3.8, 4) is 0 Å². The summed E-state index contributed by atoms with van der Waals surface area (Å²) in [4.78, 5) is 20.0. The summed E-state index contributed by atoms with van der Waals surface area (Å²) in [6.45, 7) is 0. The van der Waals surface area contributed by atoms with E-state index in [0.717, 1.165) is 25.9 Å². The molecule has 0 fully saturated rings. The van der Waals surface area contributed by atoms with Gasteiger partial charge in [0.2, 0.25) is 0 Å². The normalized spacial score (nSPS) is 11.9. The van der Waals surface area contributed by atoms with Gasteiger partial charge in [-0.05, 0) is 18.2 Å². The van der Waals surface area contributed by atoms with Crippen molar-refractivity contribution < 1.29 is 4.92 Å². The van der Waals surface area contributed by atoms with Crippen LogP contribution in [0, 0.1) is 10.1 Å². The average Bonchev–Trinajstić information content (AvgIpc) is 3.18. The first kappa shape index (κ1) is 14.3. The molecule has 0 aliphatic rings. The number of hydrogen-bond donors (Lipinski definition) is 0. The van der Waals surface area contributed by atoms with E-state index < -0.39 is 4.92 Å². The first-order valence-electron chi connectivity index (χ1n) is 6.46. The van der Waals surface area contributed by atoms with Crippen molar-refractivity contribution in [2.24, 2.45) is 0 Å². The summed E-state index contributed by atoms with van der Waals surface area (Å²) in [5.41, 5.74) is 1.59. The molecule has 4 aromatic rings. The van der Waals surface area contributed by atoms with Crippen molar-refractivity contribution in [2.45, 2.75) is 0 Å². The fraction of sp³-hybridized carbons (Fsp3) is 0. The van der Waals surface area contributed by atoms with Crippen molar-refractivity contribution in [3.63, 3.8) is 0 Å². The summed E-state index contributed by atoms with van der Waals surface area (Å²) in [6.07, 6.45) is 5.59. The van der Waals surface area contributed by atoms with Gasteiger partial charge in [0.1, 0.15) is 5.01 Å². The third kappa shape index (κ3) is 2.50. The fourth-order valence-corrected chi connectivity index (χ4v) is 4.10. The molecule has 3 heterocycles. The molecule has 3 aromatic heterocycles. The molecule has 1 aromatic carbocycles. The molecule has 0 saturated carbocycles. The van der Waals surface area contributed by atoms with Crippen LogP contribution in [0.4, 0.5) is 5.69 Å². The van der Waals surface area contributed by atoms with Crippen LogP contribution in [0.1, 0.15) is 10.7 Å². The molecule has 23 heavy (non-hydrogen) atoms. The van der Waals surface area contributed by atoms with Gasteiger partial charge >= 0.3 is 0 Å². The van der Waals surface area contributed by atoms with Gasteiger partial charge in [-0.15, -0.1) is 22.7 Å². The molecule has 0 unspecified atom stereocenters. The SMILES string of the molecule is O=[N+]([O-])c1ccc2nc(/C=C/c3c(Cl)nc4sccn34)sc2c1. The van der Waals surface area contributed by atoms with Crippen LogP contribution in [0.2, 0.25) is 5.15 Å². The number of nitrogens with zero attached hydrogens (tertiary/aromatic N) is 4. The van der Waals surface area contributed by atoms with E-state index in [4.69, 9.17) is 11.6 Å². The molecule has 114 valence electrons. The van der Waals surface area contributed by atoms with Gasteiger partial charge in [0, 0.05) is 23.7 Å². The maximum absolute atomic E-state index is 10.8. The van der Waals surface area contributed by atoms with Gasteiger partial charge in [0.15, 0.2) is 10.1 Å². The maximum Gasteiger partial charge on any atom is 0.270 e. The van der Waals surface area contributed by atoms with Gasteiger partial charge in [-0.2, -0.15) is 0 Å². The molecule has 9 heteroatoms. The summed E-state index contributed by atoms with van der Waals surface area (Å²) in [5, 5.41) is 13.9. The molecular weight excluding hydrogens is 356 g/mol. The third-order valence-electron chi connectivity index (χ3n) is 3.24. The highest BCUT2D eigenvalue weighted by atomic mass is 35.5. The molecule has 6 nitrogen and oxygen atoms in total. The van der Waals surface area contributed by atoms with Crippen LogP contribution in [-0.2, 0) is 0 Å². The summed E-state index contributed by atoms with van der Waals surface area (Å²) < 4.78 is 2.68. The van der Waals surface area contributed by atoms with Crippen LogP contribution in [-0.4, -0.2) is 19.3 Å². The Balaban J connectivity index is 1.73. The molecule has 0 atom stereocenters. The standard InChI is InChI=1S/C14H7ClN4O2S2/c15-13-10(18-5-6-22-14(18)17-13)3-4-12-16-9-2-1-8(19(20)21)7-11(9)23-12/h1-7H/b4-3+. The minimum atomic E-state index is -0.409. The van der Waals surface area contributed by atoms with E-state index in [1.807, 2.05) is 28.1 Å². The van der Waals surface area contributed by atoms with Crippen LogP contribution in [0.3, 0.4) is 0 Å². The summed E-state index contributed by atoms with van der Waals surface area (Å²) >= 11 is 9.04. The Morgan fingerprint density at radius 2 is 2.17 bits per heavy atom. The molecule has 0 aliphatic heterocycles. The van der Waals surface area contributed by atoms with Gasteiger partial charge in [0.05, 0.1) is 20.8 Å². The first-order chi connectivity index (χ1) is 11.1. The molecule has 0 radical (unpaired) electrons. The Kier molecular flexibility index (Phi) is 3.37. The van der Waals surface area contributed by atoms with E-state index in [1.54, 1.807) is 6.07 Å². The Labute approximate surface area is 142 Å². The minimum absolute atomic E-state index is 0.0653. The summed E-state index contributed by atoms with van der Waals surface area (Å²) in [7, 11) is 0. The van der Waals surface area contributed by atoms with Crippen molar-refractivity contribution in [3.05, 3.63) is 55.7 Å². The monoisotopic (exact) mass is 362 g/mol. The number of halogens is 1. The number of imidazole rings is 1. The highest BCUT2D eigenvalue weighted by Gasteiger charge is 2.11. The average molecular weight is 363 g/mol. The zero-order valence-electron chi connectivity index (χ0n) is 11.3. The predicted molar refractivity (Wildman–Crippen MR) is 93.3 cm³/mol. The molecule has 4 rings (SSSR count). The quantitative estimate of drug-likeness (QED) is 0.390. The summed E-state index contributed by atoms with van der Waals surface area (Å²) in [5.74, 6) is 0. The minimum Gasteiger partial charge on any atom is -0.289 e. The van der Waals surface area contributed by atoms with E-state index in [1.165, 1.54) is 34.8 Å². The number of nitro benzene ring substituents is 1. The van der Waals surface area contributed by atoms with E-state index in [0.29, 0.717) is 5.15 Å². The van der Waals surface area contributed by atoms with Crippen LogP contribution < -0.4 is 0 Å². The molecule has 0 N–H and O–H groups in total. The van der Waals surface area contributed by atoms with E-state index >= 15 is 0 Å². The van der Waals surface area contributed by atoms with Gasteiger partial charge in [-0.1, -0.05) is 11.6 Å². The molecular formula is C14H7ClN4O2S2. The van der Waals surface area contributed by atoms with E-state index in [9.17, 15) is 10.1 Å². The number of aromatic nitrogens is 3. The Bertz CT molecular complexity index is 1080. The molecule has 0 spiro atoms. The number of nitro groups is 1. The lowest BCUT2D eigenvalue weighted by Gasteiger charge is -1.90. The van der Waals surface area contributed by atoms with Crippen molar-refractivity contribution in [1.82, 2.24) is 14.4 Å². The molecule has 0 amide bonds. The lowest BCUT2D eigenvalue weighted by Crippen LogP contribution is -1.85. The predicted octanol–water partition coefficient (Wildman–Crippen LogP) is 4.74. The van der Waals surface area contributed by atoms with Crippen LogP contribution >= 0.6 is 34.3 Å². The van der Waals surface area contributed by atoms with Gasteiger partial charge < -0.3 is 0 Å². The Morgan fingerprint density at radius 1 is 1.30 bits per heavy atom. The molecule has 0 saturated heterocycles. The zero-order chi connectivity index (χ0) is 16.0. The smallest absolute Gasteiger partial charge is 0.270 e. The molecule has 0 bridgehead atoms. The largest absolute Gasteiger partial charge is 0.289 e. The highest BCUT2D eigenvalue weighted by Crippen LogP contribution is 2.28. The van der Waals surface area contributed by atoms with E-state index in [-0.39, 0.29) is 5.69 Å². The fourth-order valence-electron chi connectivity index (χ4n) is 2.19. The van der Waals surface area contributed by atoms with Crippen molar-refractivity contribution in [2.75, 3.05) is 0 Å². The lowest BCUT2D eigenvalue weighted by atomic mass is 10.3. The lowest BCUT2D eigenvalue weighted by molar-refractivity contribution is -0.384. The number of benzene rings is 1. The second-order valence-electron chi connectivity index (χ2n) is 4.64. The third-order valence-corrected chi connectivity index (χ3v) is 5.26. The van der Waals surface area contributed by atoms with Crippen molar-refractivity contribution >= 4 is 67.3 Å². The van der Waals surface area contributed by atoms with Crippen LogP contribution in [0.5, 0.6) is 0 Å². The number of fused-ring (bicyclic) bond motifs is 2. The van der Waals surface area contributed by atoms with Gasteiger partial charge in [0.25, 0.3) is 5.69 Å². The Hall–Kier alpha value is -2.29. The number of hydrogen-bond acceptors (Lipinski definition) is 6. The molecule has 0 aliphatic carbocycles. The number of rotatable bonds is 3. The van der Waals surface area contributed by atoms with Gasteiger partial charge in [-0.25, -0.2) is 9.97 Å².